The van der Waals surface area contributed by atoms with Crippen molar-refractivity contribution < 1.29 is 14.3 Å². The lowest BCUT2D eigenvalue weighted by molar-refractivity contribution is 0.0377. The summed E-state index contributed by atoms with van der Waals surface area (Å²) in [5, 5.41) is 7.57. The number of carbonyl (C=O) groups excluding carboxylic acids is 1. The van der Waals surface area contributed by atoms with Crippen molar-refractivity contribution in [1.82, 2.24) is 19.9 Å². The molecule has 35 heavy (non-hydrogen) atoms. The molecule has 0 saturated heterocycles. The Bertz CT molecular complexity index is 1320. The lowest BCUT2D eigenvalue weighted by atomic mass is 9.72. The predicted molar refractivity (Wildman–Crippen MR) is 134 cm³/mol. The van der Waals surface area contributed by atoms with Crippen LogP contribution in [-0.2, 0) is 16.9 Å². The van der Waals surface area contributed by atoms with Crippen LogP contribution in [0.1, 0.15) is 51.2 Å². The molecule has 1 saturated carbocycles. The van der Waals surface area contributed by atoms with E-state index in [-0.39, 0.29) is 6.09 Å². The summed E-state index contributed by atoms with van der Waals surface area (Å²) >= 11 is 0. The number of nitrogens with zero attached hydrogens (tertiary/aromatic N) is 3. The van der Waals surface area contributed by atoms with E-state index in [4.69, 9.17) is 14.5 Å². The van der Waals surface area contributed by atoms with Gasteiger partial charge in [-0.2, -0.15) is 9.61 Å². The molecule has 180 valence electrons. The molecule has 0 spiro atoms. The van der Waals surface area contributed by atoms with Gasteiger partial charge in [-0.15, -0.1) is 0 Å². The van der Waals surface area contributed by atoms with Crippen LogP contribution in [0.2, 0.25) is 0 Å². The van der Waals surface area contributed by atoms with Gasteiger partial charge in [-0.3, -0.25) is 0 Å². The maximum Gasteiger partial charge on any atom is 0.408 e. The van der Waals surface area contributed by atoms with E-state index in [2.05, 4.69) is 22.5 Å². The minimum Gasteiger partial charge on any atom is -0.471 e. The highest BCUT2D eigenvalue weighted by Gasteiger charge is 2.41. The summed E-state index contributed by atoms with van der Waals surface area (Å²) in [6.07, 6.45) is 4.17. The first-order valence-corrected chi connectivity index (χ1v) is 12.0. The van der Waals surface area contributed by atoms with Crippen molar-refractivity contribution in [1.29, 1.82) is 0 Å². The van der Waals surface area contributed by atoms with Crippen molar-refractivity contribution in [2.45, 2.75) is 57.8 Å². The van der Waals surface area contributed by atoms with Crippen LogP contribution in [0.3, 0.4) is 0 Å². The Morgan fingerprint density at radius 3 is 2.43 bits per heavy atom. The quantitative estimate of drug-likeness (QED) is 0.381. The third-order valence-corrected chi connectivity index (χ3v) is 6.23. The second kappa shape index (κ2) is 9.06. The van der Waals surface area contributed by atoms with Gasteiger partial charge in [0.2, 0.25) is 5.88 Å². The third kappa shape index (κ3) is 4.85. The molecule has 0 aliphatic heterocycles. The molecule has 0 radical (unpaired) electrons. The molecule has 2 heterocycles. The molecule has 1 N–H and O–H groups in total. The Hall–Kier alpha value is -3.87. The number of ether oxygens (including phenoxy) is 2. The Balaban J connectivity index is 1.42. The summed E-state index contributed by atoms with van der Waals surface area (Å²) < 4.78 is 13.5. The second-order valence-corrected chi connectivity index (χ2v) is 9.97. The molecule has 2 aromatic heterocycles. The molecule has 4 aromatic rings. The molecule has 1 amide bonds. The van der Waals surface area contributed by atoms with E-state index in [1.807, 2.05) is 75.4 Å². The third-order valence-electron chi connectivity index (χ3n) is 6.23. The summed E-state index contributed by atoms with van der Waals surface area (Å²) in [6.45, 7) is 6.03. The summed E-state index contributed by atoms with van der Waals surface area (Å²) in [6, 6.07) is 22.0. The molecule has 5 rings (SSSR count). The summed E-state index contributed by atoms with van der Waals surface area (Å²) in [5.41, 5.74) is 3.58. The molecule has 1 fully saturated rings. The Morgan fingerprint density at radius 1 is 1.03 bits per heavy atom. The van der Waals surface area contributed by atoms with E-state index in [9.17, 15) is 4.79 Å². The maximum absolute atomic E-state index is 12.5. The molecule has 2 aromatic carbocycles. The van der Waals surface area contributed by atoms with E-state index < -0.39 is 11.1 Å². The number of aromatic nitrogens is 3. The zero-order valence-corrected chi connectivity index (χ0v) is 20.3. The lowest BCUT2D eigenvalue weighted by Crippen LogP contribution is -2.52. The molecule has 0 unspecified atom stereocenters. The fraction of sp³-hybridized carbons (Fsp3) is 0.321. The minimum atomic E-state index is -0.536. The minimum absolute atomic E-state index is 0.385. The molecule has 0 bridgehead atoms. The number of carbonyl (C=O) groups is 1. The number of imidazole rings is 1. The van der Waals surface area contributed by atoms with Crippen molar-refractivity contribution in [2.75, 3.05) is 0 Å². The number of benzene rings is 2. The number of hydrogen-bond acceptors (Lipinski definition) is 5. The van der Waals surface area contributed by atoms with Crippen molar-refractivity contribution in [3.8, 4) is 17.1 Å². The predicted octanol–water partition coefficient (Wildman–Crippen LogP) is 5.88. The van der Waals surface area contributed by atoms with Crippen molar-refractivity contribution >= 4 is 11.7 Å². The molecular formula is C28H30N4O3. The lowest BCUT2D eigenvalue weighted by Gasteiger charge is -2.43. The zero-order chi connectivity index (χ0) is 24.5. The molecule has 7 heteroatoms. The van der Waals surface area contributed by atoms with Gasteiger partial charge < -0.3 is 14.8 Å². The van der Waals surface area contributed by atoms with E-state index in [1.54, 1.807) is 10.7 Å². The molecule has 1 aliphatic carbocycles. The number of amides is 1. The normalized spacial score (nSPS) is 14.8. The fourth-order valence-electron chi connectivity index (χ4n) is 4.37. The first-order valence-electron chi connectivity index (χ1n) is 12.0. The zero-order valence-electron chi connectivity index (χ0n) is 20.3. The molecule has 1 aliphatic rings. The van der Waals surface area contributed by atoms with E-state index in [1.165, 1.54) is 0 Å². The number of fused-ring (bicyclic) bond motifs is 1. The van der Waals surface area contributed by atoms with Gasteiger partial charge in [0.15, 0.2) is 5.65 Å². The van der Waals surface area contributed by atoms with Crippen LogP contribution in [0.15, 0.2) is 72.9 Å². The van der Waals surface area contributed by atoms with Crippen molar-refractivity contribution in [3.05, 3.63) is 84.1 Å². The van der Waals surface area contributed by atoms with Crippen molar-refractivity contribution in [2.24, 2.45) is 0 Å². The average molecular weight is 471 g/mol. The Labute approximate surface area is 205 Å². The molecular weight excluding hydrogens is 440 g/mol. The van der Waals surface area contributed by atoms with Gasteiger partial charge in [0.1, 0.15) is 17.9 Å². The number of hydrogen-bond donors (Lipinski definition) is 1. The monoisotopic (exact) mass is 470 g/mol. The maximum atomic E-state index is 12.5. The van der Waals surface area contributed by atoms with E-state index in [0.717, 1.165) is 47.3 Å². The van der Waals surface area contributed by atoms with Gasteiger partial charge in [-0.05, 0) is 63.3 Å². The van der Waals surface area contributed by atoms with Gasteiger partial charge in [0.25, 0.3) is 0 Å². The van der Waals surface area contributed by atoms with Crippen LogP contribution in [-0.4, -0.2) is 26.3 Å². The summed E-state index contributed by atoms with van der Waals surface area (Å²) in [5.74, 6) is 0.599. The van der Waals surface area contributed by atoms with Crippen LogP contribution in [0, 0.1) is 0 Å². The number of nitrogens with one attached hydrogen (secondary N) is 1. The van der Waals surface area contributed by atoms with Gasteiger partial charge in [-0.25, -0.2) is 9.78 Å². The fourth-order valence-corrected chi connectivity index (χ4v) is 4.37. The first-order chi connectivity index (χ1) is 16.8. The van der Waals surface area contributed by atoms with Crippen LogP contribution in [0.5, 0.6) is 5.88 Å². The van der Waals surface area contributed by atoms with E-state index >= 15 is 0 Å². The Kier molecular flexibility index (Phi) is 5.93. The molecule has 0 atom stereocenters. The topological polar surface area (TPSA) is 77.8 Å². The van der Waals surface area contributed by atoms with E-state index in [0.29, 0.717) is 12.5 Å². The SMILES string of the molecule is CC(C)(C)OC(=O)NC1(c2ccc(-c3nc4cccnn4c3OCc3ccccc3)cc2)CCC1. The van der Waals surface area contributed by atoms with Crippen LogP contribution < -0.4 is 10.1 Å². The highest BCUT2D eigenvalue weighted by atomic mass is 16.6. The largest absolute Gasteiger partial charge is 0.471 e. The highest BCUT2D eigenvalue weighted by molar-refractivity contribution is 5.71. The summed E-state index contributed by atoms with van der Waals surface area (Å²) in [4.78, 5) is 17.3. The van der Waals surface area contributed by atoms with Crippen molar-refractivity contribution in [3.63, 3.8) is 0 Å². The van der Waals surface area contributed by atoms with Gasteiger partial charge in [-0.1, -0.05) is 54.6 Å². The van der Waals surface area contributed by atoms with Gasteiger partial charge in [0.05, 0.1) is 5.54 Å². The number of rotatable bonds is 6. The van der Waals surface area contributed by atoms with Gasteiger partial charge in [0, 0.05) is 11.8 Å². The standard InChI is InChI=1S/C28H30N4O3/c1-27(2,3)35-26(33)31-28(16-8-17-28)22-14-12-21(13-15-22)24-25(32-23(30-24)11-7-18-29-32)34-19-20-9-5-4-6-10-20/h4-7,9-15,18H,8,16-17,19H2,1-3H3,(H,31,33). The summed E-state index contributed by atoms with van der Waals surface area (Å²) in [7, 11) is 0. The smallest absolute Gasteiger partial charge is 0.408 e. The van der Waals surface area contributed by atoms with Crippen LogP contribution in [0.25, 0.3) is 16.9 Å². The van der Waals surface area contributed by atoms with Gasteiger partial charge >= 0.3 is 6.09 Å². The number of alkyl carbamates (subject to hydrolysis) is 1. The first kappa shape index (κ1) is 22.9. The highest BCUT2D eigenvalue weighted by Crippen LogP contribution is 2.42. The molecule has 7 nitrogen and oxygen atoms in total. The van der Waals surface area contributed by atoms with Crippen LogP contribution in [0.4, 0.5) is 4.79 Å². The second-order valence-electron chi connectivity index (χ2n) is 9.97. The average Bonchev–Trinajstić information content (AvgIpc) is 3.18. The van der Waals surface area contributed by atoms with Crippen LogP contribution >= 0.6 is 0 Å². The Morgan fingerprint density at radius 2 is 1.77 bits per heavy atom.